The SMILES string of the molecule is O=C(O)c1cncc(NS(=O)(=O)N2CCCCCC2)c1. The molecule has 1 aliphatic heterocycles. The Bertz CT molecular complexity index is 580. The van der Waals surface area contributed by atoms with E-state index in [1.165, 1.54) is 22.8 Å². The molecule has 0 radical (unpaired) electrons. The Morgan fingerprint density at radius 3 is 2.45 bits per heavy atom. The van der Waals surface area contributed by atoms with Crippen molar-refractivity contribution in [3.8, 4) is 0 Å². The average Bonchev–Trinajstić information content (AvgIpc) is 2.67. The third-order valence-corrected chi connectivity index (χ3v) is 4.68. The van der Waals surface area contributed by atoms with E-state index in [4.69, 9.17) is 5.11 Å². The summed E-state index contributed by atoms with van der Waals surface area (Å²) < 4.78 is 28.2. The van der Waals surface area contributed by atoms with Gasteiger partial charge in [0.05, 0.1) is 17.4 Å². The number of carboxylic acid groups (broad SMARTS) is 1. The van der Waals surface area contributed by atoms with E-state index >= 15 is 0 Å². The van der Waals surface area contributed by atoms with Gasteiger partial charge in [-0.15, -0.1) is 0 Å². The molecule has 0 atom stereocenters. The Hall–Kier alpha value is -1.67. The molecule has 2 heterocycles. The Morgan fingerprint density at radius 1 is 1.20 bits per heavy atom. The van der Waals surface area contributed by atoms with Crippen molar-refractivity contribution >= 4 is 21.9 Å². The van der Waals surface area contributed by atoms with Gasteiger partial charge in [0.2, 0.25) is 0 Å². The molecule has 0 aromatic carbocycles. The maximum Gasteiger partial charge on any atom is 0.337 e. The quantitative estimate of drug-likeness (QED) is 0.873. The largest absolute Gasteiger partial charge is 0.478 e. The zero-order chi connectivity index (χ0) is 14.6. The summed E-state index contributed by atoms with van der Waals surface area (Å²) in [7, 11) is -3.65. The predicted octanol–water partition coefficient (Wildman–Crippen LogP) is 1.31. The molecular formula is C12H17N3O4S. The second-order valence-electron chi connectivity index (χ2n) is 4.69. The van der Waals surface area contributed by atoms with Crippen molar-refractivity contribution in [1.29, 1.82) is 0 Å². The van der Waals surface area contributed by atoms with Gasteiger partial charge in [-0.2, -0.15) is 12.7 Å². The van der Waals surface area contributed by atoms with Crippen LogP contribution in [0.15, 0.2) is 18.5 Å². The Morgan fingerprint density at radius 2 is 1.85 bits per heavy atom. The molecule has 0 unspecified atom stereocenters. The van der Waals surface area contributed by atoms with E-state index in [2.05, 4.69) is 9.71 Å². The molecule has 0 amide bonds. The highest BCUT2D eigenvalue weighted by Gasteiger charge is 2.23. The Labute approximate surface area is 117 Å². The minimum absolute atomic E-state index is 0.0546. The number of hydrogen-bond acceptors (Lipinski definition) is 4. The number of pyridine rings is 1. The van der Waals surface area contributed by atoms with E-state index in [1.54, 1.807) is 0 Å². The summed E-state index contributed by atoms with van der Waals surface area (Å²) in [6.45, 7) is 0.975. The summed E-state index contributed by atoms with van der Waals surface area (Å²) in [5, 5.41) is 8.87. The van der Waals surface area contributed by atoms with Crippen molar-refractivity contribution in [1.82, 2.24) is 9.29 Å². The highest BCUT2D eigenvalue weighted by atomic mass is 32.2. The lowest BCUT2D eigenvalue weighted by atomic mass is 10.2. The van der Waals surface area contributed by atoms with Crippen LogP contribution in [0, 0.1) is 0 Å². The Kier molecular flexibility index (Phi) is 4.56. The van der Waals surface area contributed by atoms with Crippen LogP contribution in [0.3, 0.4) is 0 Å². The van der Waals surface area contributed by atoms with Crippen molar-refractivity contribution in [3.05, 3.63) is 24.0 Å². The maximum absolute atomic E-state index is 12.2. The number of hydrogen-bond donors (Lipinski definition) is 2. The third kappa shape index (κ3) is 3.67. The molecule has 1 aliphatic rings. The van der Waals surface area contributed by atoms with E-state index in [0.29, 0.717) is 13.1 Å². The molecule has 2 rings (SSSR count). The molecule has 2 N–H and O–H groups in total. The van der Waals surface area contributed by atoms with Gasteiger partial charge in [0.1, 0.15) is 0 Å². The number of anilines is 1. The van der Waals surface area contributed by atoms with E-state index < -0.39 is 16.2 Å². The first-order chi connectivity index (χ1) is 9.49. The third-order valence-electron chi connectivity index (χ3n) is 3.14. The van der Waals surface area contributed by atoms with Crippen LogP contribution >= 0.6 is 0 Å². The van der Waals surface area contributed by atoms with Crippen molar-refractivity contribution < 1.29 is 18.3 Å². The molecular weight excluding hydrogens is 282 g/mol. The smallest absolute Gasteiger partial charge is 0.337 e. The zero-order valence-electron chi connectivity index (χ0n) is 10.9. The van der Waals surface area contributed by atoms with Gasteiger partial charge in [0, 0.05) is 19.3 Å². The molecule has 7 nitrogen and oxygen atoms in total. The van der Waals surface area contributed by atoms with E-state index in [-0.39, 0.29) is 11.3 Å². The predicted molar refractivity (Wildman–Crippen MR) is 73.8 cm³/mol. The van der Waals surface area contributed by atoms with Crippen LogP contribution < -0.4 is 4.72 Å². The van der Waals surface area contributed by atoms with Crippen LogP contribution in [-0.4, -0.2) is 41.9 Å². The van der Waals surface area contributed by atoms with Gasteiger partial charge in [0.25, 0.3) is 0 Å². The van der Waals surface area contributed by atoms with E-state index in [0.717, 1.165) is 25.7 Å². The summed E-state index contributed by atoms with van der Waals surface area (Å²) >= 11 is 0. The lowest BCUT2D eigenvalue weighted by molar-refractivity contribution is 0.0696. The molecule has 1 aromatic heterocycles. The second kappa shape index (κ2) is 6.19. The molecule has 1 aromatic rings. The normalized spacial score (nSPS) is 17.4. The molecule has 20 heavy (non-hydrogen) atoms. The minimum atomic E-state index is -3.65. The monoisotopic (exact) mass is 299 g/mol. The molecule has 0 bridgehead atoms. The summed E-state index contributed by atoms with van der Waals surface area (Å²) in [6.07, 6.45) is 6.21. The lowest BCUT2D eigenvalue weighted by Gasteiger charge is -2.20. The minimum Gasteiger partial charge on any atom is -0.478 e. The lowest BCUT2D eigenvalue weighted by Crippen LogP contribution is -2.36. The van der Waals surface area contributed by atoms with Crippen LogP contribution in [-0.2, 0) is 10.2 Å². The highest BCUT2D eigenvalue weighted by Crippen LogP contribution is 2.16. The number of carbonyl (C=O) groups is 1. The number of rotatable bonds is 4. The first-order valence-electron chi connectivity index (χ1n) is 6.45. The summed E-state index contributed by atoms with van der Waals surface area (Å²) in [5.41, 5.74) is 0.107. The van der Waals surface area contributed by atoms with Crippen molar-refractivity contribution in [2.45, 2.75) is 25.7 Å². The van der Waals surface area contributed by atoms with Crippen LogP contribution in [0.1, 0.15) is 36.0 Å². The maximum atomic E-state index is 12.2. The number of carboxylic acids is 1. The first kappa shape index (κ1) is 14.7. The summed E-state index contributed by atoms with van der Waals surface area (Å²) in [4.78, 5) is 14.6. The molecule has 0 aliphatic carbocycles. The number of nitrogens with zero attached hydrogens (tertiary/aromatic N) is 2. The van der Waals surface area contributed by atoms with Crippen LogP contribution in [0.25, 0.3) is 0 Å². The molecule has 1 fully saturated rings. The molecule has 110 valence electrons. The van der Waals surface area contributed by atoms with Gasteiger partial charge in [-0.25, -0.2) is 4.79 Å². The van der Waals surface area contributed by atoms with Gasteiger partial charge in [-0.3, -0.25) is 9.71 Å². The number of aromatic nitrogens is 1. The first-order valence-corrected chi connectivity index (χ1v) is 7.89. The van der Waals surface area contributed by atoms with Gasteiger partial charge in [-0.05, 0) is 18.9 Å². The average molecular weight is 299 g/mol. The topological polar surface area (TPSA) is 99.6 Å². The van der Waals surface area contributed by atoms with Gasteiger partial charge in [0.15, 0.2) is 0 Å². The van der Waals surface area contributed by atoms with Crippen molar-refractivity contribution in [3.63, 3.8) is 0 Å². The molecule has 8 heteroatoms. The summed E-state index contributed by atoms with van der Waals surface area (Å²) in [6, 6.07) is 1.25. The highest BCUT2D eigenvalue weighted by molar-refractivity contribution is 7.90. The molecule has 1 saturated heterocycles. The molecule has 0 saturated carbocycles. The van der Waals surface area contributed by atoms with Gasteiger partial charge >= 0.3 is 16.2 Å². The Balaban J connectivity index is 2.14. The fourth-order valence-electron chi connectivity index (χ4n) is 2.11. The number of aromatic carboxylic acids is 1. The number of nitrogens with one attached hydrogen (secondary N) is 1. The van der Waals surface area contributed by atoms with Crippen LogP contribution in [0.4, 0.5) is 5.69 Å². The standard InChI is InChI=1S/C12H17N3O4S/c16-12(17)10-7-11(9-13-8-10)14-20(18,19)15-5-3-1-2-4-6-15/h7-9,14H,1-6H2,(H,16,17). The van der Waals surface area contributed by atoms with Crippen molar-refractivity contribution in [2.75, 3.05) is 17.8 Å². The van der Waals surface area contributed by atoms with Gasteiger partial charge < -0.3 is 5.11 Å². The second-order valence-corrected chi connectivity index (χ2v) is 6.36. The van der Waals surface area contributed by atoms with E-state index in [1.807, 2.05) is 0 Å². The fraction of sp³-hybridized carbons (Fsp3) is 0.500. The van der Waals surface area contributed by atoms with Gasteiger partial charge in [-0.1, -0.05) is 12.8 Å². The summed E-state index contributed by atoms with van der Waals surface area (Å²) in [5.74, 6) is -1.15. The zero-order valence-corrected chi connectivity index (χ0v) is 11.8. The van der Waals surface area contributed by atoms with Crippen LogP contribution in [0.5, 0.6) is 0 Å². The fourth-order valence-corrected chi connectivity index (χ4v) is 3.39. The van der Waals surface area contributed by atoms with Crippen molar-refractivity contribution in [2.24, 2.45) is 0 Å². The van der Waals surface area contributed by atoms with Crippen LogP contribution in [0.2, 0.25) is 0 Å². The van der Waals surface area contributed by atoms with E-state index in [9.17, 15) is 13.2 Å². The molecule has 0 spiro atoms.